The van der Waals surface area contributed by atoms with Gasteiger partial charge in [-0.25, -0.2) is 0 Å². The molecule has 0 aliphatic heterocycles. The Hall–Kier alpha value is 0.890. The average molecular weight is 314 g/mol. The third kappa shape index (κ3) is 5.18. The molecule has 0 bridgehead atoms. The summed E-state index contributed by atoms with van der Waals surface area (Å²) in [7, 11) is -3.96. The minimum atomic E-state index is -3.96. The lowest BCUT2D eigenvalue weighted by molar-refractivity contribution is 0.400. The summed E-state index contributed by atoms with van der Waals surface area (Å²) >= 11 is 7.27. The van der Waals surface area contributed by atoms with Gasteiger partial charge >= 0.3 is 0 Å². The number of hydrogen-bond acceptors (Lipinski definition) is 3. The molecule has 0 saturated heterocycles. The molecule has 0 amide bonds. The van der Waals surface area contributed by atoms with Crippen LogP contribution in [0.2, 0.25) is 0 Å². The van der Waals surface area contributed by atoms with Gasteiger partial charge in [-0.2, -0.15) is 11.1 Å². The van der Waals surface area contributed by atoms with Crippen molar-refractivity contribution in [3.63, 3.8) is 0 Å². The van der Waals surface area contributed by atoms with Crippen molar-refractivity contribution in [2.75, 3.05) is 5.75 Å². The zero-order valence-electron chi connectivity index (χ0n) is 6.08. The second-order valence-corrected chi connectivity index (χ2v) is 6.10. The fraction of sp³-hybridized carbons (Fsp3) is 1.00. The maximum absolute atomic E-state index is 10.4. The van der Waals surface area contributed by atoms with Gasteiger partial charge in [0.25, 0.3) is 10.1 Å². The van der Waals surface area contributed by atoms with Crippen molar-refractivity contribution in [2.24, 2.45) is 0 Å². The molecule has 0 aliphatic carbocycles. The Morgan fingerprint density at radius 2 is 2.00 bits per heavy atom. The predicted octanol–water partition coefficient (Wildman–Crippen LogP) is 1.46. The monoisotopic (exact) mass is 313 g/mol. The van der Waals surface area contributed by atoms with E-state index in [1.165, 1.54) is 2.63 Å². The van der Waals surface area contributed by atoms with Gasteiger partial charge in [0.05, 0.1) is 11.3 Å². The second-order valence-electron chi connectivity index (χ2n) is 2.77. The van der Waals surface area contributed by atoms with Gasteiger partial charge in [-0.15, -0.1) is 0 Å². The average Bonchev–Trinajstić information content (AvgIpc) is 1.56. The number of rotatable bonds is 3. The van der Waals surface area contributed by atoms with Crippen molar-refractivity contribution in [3.05, 3.63) is 0 Å². The Morgan fingerprint density at radius 3 is 2.09 bits per heavy atom. The van der Waals surface area contributed by atoms with Crippen LogP contribution in [0.25, 0.3) is 0 Å². The van der Waals surface area contributed by atoms with E-state index in [0.29, 0.717) is 0 Å². The topological polar surface area (TPSA) is 57.6 Å². The van der Waals surface area contributed by atoms with Crippen molar-refractivity contribution >= 4 is 44.8 Å². The first-order valence-corrected chi connectivity index (χ1v) is 5.63. The zero-order chi connectivity index (χ0) is 9.28. The molecule has 0 rings (SSSR count). The highest BCUT2D eigenvalue weighted by molar-refractivity contribution is 14.1. The maximum Gasteiger partial charge on any atom is 0.266 e. The Bertz CT molecular complexity index is 225. The lowest BCUT2D eigenvalue weighted by atomic mass is 10.1. The minimum Gasteiger partial charge on any atom is -0.285 e. The van der Waals surface area contributed by atoms with Crippen LogP contribution in [0.4, 0.5) is 0 Å². The zero-order valence-corrected chi connectivity index (χ0v) is 9.81. The van der Waals surface area contributed by atoms with Gasteiger partial charge in [-0.3, -0.25) is 4.55 Å². The molecule has 0 aromatic rings. The van der Waals surface area contributed by atoms with E-state index in [2.05, 4.69) is 0 Å². The largest absolute Gasteiger partial charge is 0.285 e. The van der Waals surface area contributed by atoms with E-state index in [1.54, 1.807) is 36.7 Å². The Kier molecular flexibility index (Phi) is 4.04. The quantitative estimate of drug-likeness (QED) is 0.487. The first kappa shape index (κ1) is 11.9. The van der Waals surface area contributed by atoms with E-state index >= 15 is 0 Å². The molecule has 0 atom stereocenters. The second kappa shape index (κ2) is 3.73. The number of nitrogens with zero attached hydrogens (tertiary/aromatic N) is 1. The van der Waals surface area contributed by atoms with E-state index in [4.69, 9.17) is 16.3 Å². The molecule has 0 saturated carbocycles. The fourth-order valence-corrected chi connectivity index (χ4v) is 2.05. The standard InChI is InChI=1S/C4H9ClINO3S/c1-4(2,7(5)6)3-11(8,9)10/h3H2,1-2H3,(H,8,9,10). The molecule has 0 aromatic carbocycles. The van der Waals surface area contributed by atoms with Crippen molar-refractivity contribution in [3.8, 4) is 0 Å². The molecule has 0 unspecified atom stereocenters. The molecule has 7 heteroatoms. The van der Waals surface area contributed by atoms with E-state index in [1.807, 2.05) is 0 Å². The van der Waals surface area contributed by atoms with Crippen LogP contribution in [0.15, 0.2) is 0 Å². The maximum atomic E-state index is 10.4. The summed E-state index contributed by atoms with van der Waals surface area (Å²) in [5, 5.41) is 0. The molecule has 1 N–H and O–H groups in total. The normalized spacial score (nSPS) is 14.0. The molecule has 0 radical (unpaired) electrons. The molecule has 0 aromatic heterocycles. The molecular formula is C4H9ClINO3S. The summed E-state index contributed by atoms with van der Waals surface area (Å²) in [5.41, 5.74) is -0.768. The summed E-state index contributed by atoms with van der Waals surface area (Å²) < 4.78 is 30.5. The van der Waals surface area contributed by atoms with Crippen molar-refractivity contribution < 1.29 is 13.0 Å². The van der Waals surface area contributed by atoms with Crippen molar-refractivity contribution in [1.82, 2.24) is 2.63 Å². The minimum absolute atomic E-state index is 0.383. The van der Waals surface area contributed by atoms with Crippen LogP contribution in [0.1, 0.15) is 13.8 Å². The lowest BCUT2D eigenvalue weighted by Crippen LogP contribution is -2.38. The fourth-order valence-electron chi connectivity index (χ4n) is 0.495. The summed E-state index contributed by atoms with van der Waals surface area (Å²) in [6, 6.07) is 0. The van der Waals surface area contributed by atoms with Crippen LogP contribution in [0.5, 0.6) is 0 Å². The molecule has 11 heavy (non-hydrogen) atoms. The smallest absolute Gasteiger partial charge is 0.266 e. The van der Waals surface area contributed by atoms with Crippen LogP contribution < -0.4 is 0 Å². The van der Waals surface area contributed by atoms with E-state index in [-0.39, 0.29) is 5.75 Å². The number of halogens is 2. The van der Waals surface area contributed by atoms with Crippen LogP contribution in [0.3, 0.4) is 0 Å². The van der Waals surface area contributed by atoms with Crippen LogP contribution >= 0.6 is 34.6 Å². The predicted molar refractivity (Wildman–Crippen MR) is 52.2 cm³/mol. The van der Waals surface area contributed by atoms with Gasteiger partial charge in [0, 0.05) is 22.9 Å². The summed E-state index contributed by atoms with van der Waals surface area (Å²) in [6.07, 6.45) is 0. The van der Waals surface area contributed by atoms with E-state index < -0.39 is 15.7 Å². The Labute approximate surface area is 85.3 Å². The third-order valence-corrected chi connectivity index (χ3v) is 3.83. The summed E-state index contributed by atoms with van der Waals surface area (Å²) in [4.78, 5) is 0. The van der Waals surface area contributed by atoms with Crippen molar-refractivity contribution in [2.45, 2.75) is 19.4 Å². The highest BCUT2D eigenvalue weighted by atomic mass is 127. The molecule has 68 valence electrons. The van der Waals surface area contributed by atoms with Gasteiger partial charge in [-0.05, 0) is 25.6 Å². The van der Waals surface area contributed by atoms with Crippen LogP contribution in [-0.4, -0.2) is 26.9 Å². The van der Waals surface area contributed by atoms with E-state index in [0.717, 1.165) is 0 Å². The molecule has 0 spiro atoms. The molecule has 0 fully saturated rings. The highest BCUT2D eigenvalue weighted by Gasteiger charge is 2.29. The SMILES string of the molecule is CC(C)(CS(=O)(=O)O)N(Cl)I. The summed E-state index contributed by atoms with van der Waals surface area (Å²) in [5.74, 6) is -0.383. The molecule has 0 heterocycles. The Morgan fingerprint density at radius 1 is 1.64 bits per heavy atom. The van der Waals surface area contributed by atoms with Gasteiger partial charge in [0.15, 0.2) is 0 Å². The first-order valence-electron chi connectivity index (χ1n) is 2.72. The van der Waals surface area contributed by atoms with Gasteiger partial charge in [-0.1, -0.05) is 0 Å². The lowest BCUT2D eigenvalue weighted by Gasteiger charge is -2.25. The first-order chi connectivity index (χ1) is 4.65. The Balaban J connectivity index is 4.38. The number of hydrogen-bond donors (Lipinski definition) is 1. The summed E-state index contributed by atoms with van der Waals surface area (Å²) in [6.45, 7) is 3.22. The van der Waals surface area contributed by atoms with Crippen LogP contribution in [0, 0.1) is 0 Å². The van der Waals surface area contributed by atoms with Gasteiger partial charge < -0.3 is 0 Å². The van der Waals surface area contributed by atoms with E-state index in [9.17, 15) is 8.42 Å². The van der Waals surface area contributed by atoms with Crippen molar-refractivity contribution in [1.29, 1.82) is 0 Å². The molecule has 0 aliphatic rings. The van der Waals surface area contributed by atoms with Gasteiger partial charge in [0.2, 0.25) is 0 Å². The van der Waals surface area contributed by atoms with Crippen LogP contribution in [-0.2, 0) is 10.1 Å². The molecule has 4 nitrogen and oxygen atoms in total. The van der Waals surface area contributed by atoms with Gasteiger partial charge in [0.1, 0.15) is 0 Å². The third-order valence-electron chi connectivity index (χ3n) is 0.993. The molecular weight excluding hydrogens is 304 g/mol. The highest BCUT2D eigenvalue weighted by Crippen LogP contribution is 2.22.